The Bertz CT molecular complexity index is 762. The van der Waals surface area contributed by atoms with Crippen molar-refractivity contribution in [2.75, 3.05) is 5.32 Å². The SMILES string of the molecule is Cc1cc(C)nc(N[C@@H](Cc2ccccc2)c2csc(C)n2)n1. The minimum absolute atomic E-state index is 0.0588. The van der Waals surface area contributed by atoms with E-state index in [2.05, 4.69) is 49.9 Å². The van der Waals surface area contributed by atoms with Crippen LogP contribution in [0.4, 0.5) is 5.95 Å². The Kier molecular flexibility index (Phi) is 4.67. The average molecular weight is 324 g/mol. The minimum atomic E-state index is 0.0588. The molecule has 4 nitrogen and oxygen atoms in total. The lowest BCUT2D eigenvalue weighted by Crippen LogP contribution is -2.16. The molecule has 3 aromatic rings. The molecule has 1 atom stereocenters. The Morgan fingerprint density at radius 1 is 1.00 bits per heavy atom. The molecule has 5 heteroatoms. The summed E-state index contributed by atoms with van der Waals surface area (Å²) in [5.41, 5.74) is 4.24. The second-order valence-electron chi connectivity index (χ2n) is 5.65. The summed E-state index contributed by atoms with van der Waals surface area (Å²) in [5.74, 6) is 0.661. The topological polar surface area (TPSA) is 50.7 Å². The highest BCUT2D eigenvalue weighted by molar-refractivity contribution is 7.09. The molecule has 0 unspecified atom stereocenters. The number of nitrogens with one attached hydrogen (secondary N) is 1. The molecule has 0 saturated carbocycles. The largest absolute Gasteiger partial charge is 0.345 e. The lowest BCUT2D eigenvalue weighted by atomic mass is 10.0. The minimum Gasteiger partial charge on any atom is -0.345 e. The third-order valence-electron chi connectivity index (χ3n) is 3.56. The van der Waals surface area contributed by atoms with E-state index >= 15 is 0 Å². The van der Waals surface area contributed by atoms with Gasteiger partial charge < -0.3 is 5.32 Å². The predicted octanol–water partition coefficient (Wildman–Crippen LogP) is 4.25. The van der Waals surface area contributed by atoms with Gasteiger partial charge in [0, 0.05) is 16.8 Å². The van der Waals surface area contributed by atoms with Crippen LogP contribution in [0.3, 0.4) is 0 Å². The third kappa shape index (κ3) is 4.13. The molecule has 0 aliphatic carbocycles. The number of thiazole rings is 1. The molecule has 0 spiro atoms. The van der Waals surface area contributed by atoms with Crippen molar-refractivity contribution in [3.8, 4) is 0 Å². The zero-order chi connectivity index (χ0) is 16.2. The van der Waals surface area contributed by atoms with Gasteiger partial charge in [0.15, 0.2) is 0 Å². The van der Waals surface area contributed by atoms with E-state index in [0.29, 0.717) is 5.95 Å². The van der Waals surface area contributed by atoms with Gasteiger partial charge in [0.25, 0.3) is 0 Å². The van der Waals surface area contributed by atoms with E-state index in [1.807, 2.05) is 32.9 Å². The number of nitrogens with zero attached hydrogens (tertiary/aromatic N) is 3. The van der Waals surface area contributed by atoms with E-state index in [1.165, 1.54) is 5.56 Å². The summed E-state index contributed by atoms with van der Waals surface area (Å²) in [4.78, 5) is 13.7. The van der Waals surface area contributed by atoms with Crippen LogP contribution in [0.2, 0.25) is 0 Å². The Labute approximate surface area is 140 Å². The molecule has 1 N–H and O–H groups in total. The fraction of sp³-hybridized carbons (Fsp3) is 0.278. The number of anilines is 1. The molecular formula is C18H20N4S. The highest BCUT2D eigenvalue weighted by Crippen LogP contribution is 2.24. The van der Waals surface area contributed by atoms with E-state index in [4.69, 9.17) is 0 Å². The molecule has 3 rings (SSSR count). The van der Waals surface area contributed by atoms with Crippen LogP contribution in [0, 0.1) is 20.8 Å². The Balaban J connectivity index is 1.88. The van der Waals surface area contributed by atoms with Gasteiger partial charge in [0.05, 0.1) is 16.7 Å². The van der Waals surface area contributed by atoms with Crippen LogP contribution in [-0.2, 0) is 6.42 Å². The molecule has 0 amide bonds. The molecule has 118 valence electrons. The van der Waals surface area contributed by atoms with E-state index in [9.17, 15) is 0 Å². The van der Waals surface area contributed by atoms with Crippen molar-refractivity contribution in [1.29, 1.82) is 0 Å². The van der Waals surface area contributed by atoms with Crippen LogP contribution < -0.4 is 5.32 Å². The van der Waals surface area contributed by atoms with Crippen molar-refractivity contribution >= 4 is 17.3 Å². The zero-order valence-corrected chi connectivity index (χ0v) is 14.4. The molecule has 0 saturated heterocycles. The first-order valence-corrected chi connectivity index (χ1v) is 8.53. The van der Waals surface area contributed by atoms with E-state index in [1.54, 1.807) is 11.3 Å². The first-order chi connectivity index (χ1) is 11.1. The van der Waals surface area contributed by atoms with Crippen LogP contribution in [0.15, 0.2) is 41.8 Å². The summed E-state index contributed by atoms with van der Waals surface area (Å²) in [7, 11) is 0. The van der Waals surface area contributed by atoms with Crippen molar-refractivity contribution in [2.24, 2.45) is 0 Å². The van der Waals surface area contributed by atoms with E-state index in [-0.39, 0.29) is 6.04 Å². The average Bonchev–Trinajstić information content (AvgIpc) is 2.93. The van der Waals surface area contributed by atoms with Crippen LogP contribution >= 0.6 is 11.3 Å². The van der Waals surface area contributed by atoms with Crippen molar-refractivity contribution in [2.45, 2.75) is 33.2 Å². The Morgan fingerprint density at radius 2 is 1.70 bits per heavy atom. The van der Waals surface area contributed by atoms with Crippen molar-refractivity contribution in [3.63, 3.8) is 0 Å². The number of hydrogen-bond donors (Lipinski definition) is 1. The van der Waals surface area contributed by atoms with E-state index in [0.717, 1.165) is 28.5 Å². The summed E-state index contributed by atoms with van der Waals surface area (Å²) in [6.45, 7) is 6.00. The lowest BCUT2D eigenvalue weighted by molar-refractivity contribution is 0.737. The molecule has 0 fully saturated rings. The smallest absolute Gasteiger partial charge is 0.223 e. The quantitative estimate of drug-likeness (QED) is 0.762. The van der Waals surface area contributed by atoms with Crippen LogP contribution in [0.5, 0.6) is 0 Å². The fourth-order valence-corrected chi connectivity index (χ4v) is 3.23. The molecule has 0 aliphatic heterocycles. The maximum atomic E-state index is 4.65. The van der Waals surface area contributed by atoms with E-state index < -0.39 is 0 Å². The fourth-order valence-electron chi connectivity index (χ4n) is 2.57. The van der Waals surface area contributed by atoms with Gasteiger partial charge in [-0.05, 0) is 38.8 Å². The van der Waals surface area contributed by atoms with Gasteiger partial charge >= 0.3 is 0 Å². The third-order valence-corrected chi connectivity index (χ3v) is 4.35. The summed E-state index contributed by atoms with van der Waals surface area (Å²) in [5, 5.41) is 6.64. The molecule has 0 radical (unpaired) electrons. The summed E-state index contributed by atoms with van der Waals surface area (Å²) < 4.78 is 0. The number of hydrogen-bond acceptors (Lipinski definition) is 5. The molecule has 0 aliphatic rings. The molecule has 2 aromatic heterocycles. The van der Waals surface area contributed by atoms with Gasteiger partial charge in [-0.15, -0.1) is 11.3 Å². The first kappa shape index (κ1) is 15.6. The molecular weight excluding hydrogens is 304 g/mol. The standard InChI is InChI=1S/C18H20N4S/c1-12-9-13(2)20-18(19-12)22-16(17-11-23-14(3)21-17)10-15-7-5-4-6-8-15/h4-9,11,16H,10H2,1-3H3,(H,19,20,22)/t16-/m0/s1. The number of aryl methyl sites for hydroxylation is 3. The number of benzene rings is 1. The normalized spacial score (nSPS) is 12.1. The van der Waals surface area contributed by atoms with Gasteiger partial charge in [0.1, 0.15) is 0 Å². The number of rotatable bonds is 5. The maximum Gasteiger partial charge on any atom is 0.223 e. The second-order valence-corrected chi connectivity index (χ2v) is 6.71. The van der Waals surface area contributed by atoms with Crippen molar-refractivity contribution in [1.82, 2.24) is 15.0 Å². The molecule has 2 heterocycles. The highest BCUT2D eigenvalue weighted by Gasteiger charge is 2.17. The van der Waals surface area contributed by atoms with Gasteiger partial charge in [-0.25, -0.2) is 15.0 Å². The first-order valence-electron chi connectivity index (χ1n) is 7.65. The molecule has 23 heavy (non-hydrogen) atoms. The highest BCUT2D eigenvalue weighted by atomic mass is 32.1. The van der Waals surface area contributed by atoms with Gasteiger partial charge in [-0.1, -0.05) is 30.3 Å². The van der Waals surface area contributed by atoms with Gasteiger partial charge in [-0.2, -0.15) is 0 Å². The van der Waals surface area contributed by atoms with Crippen LogP contribution in [-0.4, -0.2) is 15.0 Å². The zero-order valence-electron chi connectivity index (χ0n) is 13.6. The molecule has 1 aromatic carbocycles. The van der Waals surface area contributed by atoms with Crippen LogP contribution in [0.25, 0.3) is 0 Å². The maximum absolute atomic E-state index is 4.65. The number of aromatic nitrogens is 3. The van der Waals surface area contributed by atoms with Crippen molar-refractivity contribution < 1.29 is 0 Å². The Morgan fingerprint density at radius 3 is 2.30 bits per heavy atom. The van der Waals surface area contributed by atoms with Gasteiger partial charge in [0.2, 0.25) is 5.95 Å². The lowest BCUT2D eigenvalue weighted by Gasteiger charge is -2.17. The molecule has 0 bridgehead atoms. The monoisotopic (exact) mass is 324 g/mol. The summed E-state index contributed by atoms with van der Waals surface area (Å²) in [6.07, 6.45) is 0.848. The second kappa shape index (κ2) is 6.87. The van der Waals surface area contributed by atoms with Crippen LogP contribution in [0.1, 0.15) is 33.7 Å². The van der Waals surface area contributed by atoms with Crippen molar-refractivity contribution in [3.05, 3.63) is 69.4 Å². The van der Waals surface area contributed by atoms with Gasteiger partial charge in [-0.3, -0.25) is 0 Å². The summed E-state index contributed by atoms with van der Waals surface area (Å²) in [6, 6.07) is 12.5. The predicted molar refractivity (Wildman–Crippen MR) is 94.9 cm³/mol. The summed E-state index contributed by atoms with van der Waals surface area (Å²) >= 11 is 1.67. The Hall–Kier alpha value is -2.27.